The number of nitrogens with zero attached hydrogens (tertiary/aromatic N) is 3. The third-order valence-electron chi connectivity index (χ3n) is 4.84. The molecular weight excluding hydrogens is 322 g/mol. The highest BCUT2D eigenvalue weighted by Crippen LogP contribution is 2.23. The van der Waals surface area contributed by atoms with E-state index in [1.165, 1.54) is 0 Å². The first kappa shape index (κ1) is 17.1. The van der Waals surface area contributed by atoms with E-state index < -0.39 is 11.5 Å². The van der Waals surface area contributed by atoms with Crippen molar-refractivity contribution < 1.29 is 14.7 Å². The molecule has 2 atom stereocenters. The minimum absolute atomic E-state index is 0.103. The van der Waals surface area contributed by atoms with Crippen LogP contribution in [-0.2, 0) is 11.3 Å². The lowest BCUT2D eigenvalue weighted by molar-refractivity contribution is -0.138. The minimum atomic E-state index is -1.22. The molecule has 7 heteroatoms. The van der Waals surface area contributed by atoms with E-state index in [9.17, 15) is 19.5 Å². The van der Waals surface area contributed by atoms with Gasteiger partial charge in [-0.3, -0.25) is 9.59 Å². The Hall–Kier alpha value is -2.70. The molecule has 0 saturated carbocycles. The Morgan fingerprint density at radius 1 is 1.16 bits per heavy atom. The van der Waals surface area contributed by atoms with E-state index in [-0.39, 0.29) is 41.0 Å². The summed E-state index contributed by atoms with van der Waals surface area (Å²) >= 11 is 0. The lowest BCUT2D eigenvalue weighted by Gasteiger charge is -2.39. The van der Waals surface area contributed by atoms with E-state index >= 15 is 0 Å². The Morgan fingerprint density at radius 2 is 1.76 bits per heavy atom. The van der Waals surface area contributed by atoms with Gasteiger partial charge in [-0.25, -0.2) is 9.48 Å². The summed E-state index contributed by atoms with van der Waals surface area (Å²) in [4.78, 5) is 38.6. The second-order valence-corrected chi connectivity index (χ2v) is 6.59. The number of likely N-dealkylation sites (tertiary alicyclic amines) is 1. The van der Waals surface area contributed by atoms with Gasteiger partial charge in [0.15, 0.2) is 5.69 Å². The summed E-state index contributed by atoms with van der Waals surface area (Å²) in [5.41, 5.74) is -0.672. The van der Waals surface area contributed by atoms with Crippen molar-refractivity contribution in [1.82, 2.24) is 14.7 Å². The molecule has 1 aliphatic rings. The van der Waals surface area contributed by atoms with Gasteiger partial charge < -0.3 is 10.0 Å². The smallest absolute Gasteiger partial charge is 0.357 e. The van der Waals surface area contributed by atoms with Gasteiger partial charge in [-0.15, -0.1) is 0 Å². The Bertz CT molecular complexity index is 880. The number of hydrogen-bond acceptors (Lipinski definition) is 4. The summed E-state index contributed by atoms with van der Waals surface area (Å²) in [6.45, 7) is 3.73. The molecule has 1 amide bonds. The molecule has 0 radical (unpaired) electrons. The fourth-order valence-corrected chi connectivity index (χ4v) is 3.62. The number of carboxylic acid groups (broad SMARTS) is 1. The van der Waals surface area contributed by atoms with Crippen molar-refractivity contribution in [3.63, 3.8) is 0 Å². The quantitative estimate of drug-likeness (QED) is 0.918. The maximum absolute atomic E-state index is 12.7. The number of benzene rings is 1. The normalized spacial score (nSPS) is 20.6. The van der Waals surface area contributed by atoms with Crippen molar-refractivity contribution in [2.75, 3.05) is 0 Å². The van der Waals surface area contributed by atoms with E-state index in [0.717, 1.165) is 23.9 Å². The van der Waals surface area contributed by atoms with Crippen LogP contribution >= 0.6 is 0 Å². The van der Waals surface area contributed by atoms with Crippen LogP contribution in [0.15, 0.2) is 29.1 Å². The van der Waals surface area contributed by atoms with E-state index in [1.54, 1.807) is 29.2 Å². The molecule has 0 bridgehead atoms. The van der Waals surface area contributed by atoms with Crippen LogP contribution in [0.5, 0.6) is 0 Å². The highest BCUT2D eigenvalue weighted by molar-refractivity contribution is 6.01. The first-order valence-electron chi connectivity index (χ1n) is 8.44. The van der Waals surface area contributed by atoms with Crippen LogP contribution in [0, 0.1) is 0 Å². The molecule has 0 spiro atoms. The lowest BCUT2D eigenvalue weighted by Crippen LogP contribution is -2.49. The Morgan fingerprint density at radius 3 is 2.36 bits per heavy atom. The van der Waals surface area contributed by atoms with E-state index in [0.29, 0.717) is 0 Å². The number of fused-ring (bicyclic) bond motifs is 1. The molecule has 132 valence electrons. The predicted molar refractivity (Wildman–Crippen MR) is 92.6 cm³/mol. The van der Waals surface area contributed by atoms with Gasteiger partial charge in [0.1, 0.15) is 6.54 Å². The molecule has 1 N–H and O–H groups in total. The third kappa shape index (κ3) is 3.14. The second-order valence-electron chi connectivity index (χ2n) is 6.59. The van der Waals surface area contributed by atoms with Crippen LogP contribution in [0.1, 0.15) is 43.6 Å². The van der Waals surface area contributed by atoms with Gasteiger partial charge in [-0.2, -0.15) is 5.10 Å². The van der Waals surface area contributed by atoms with Crippen LogP contribution in [0.25, 0.3) is 10.8 Å². The molecule has 1 saturated heterocycles. The Kier molecular flexibility index (Phi) is 4.57. The first-order valence-corrected chi connectivity index (χ1v) is 8.44. The average Bonchev–Trinajstić information content (AvgIpc) is 2.57. The summed E-state index contributed by atoms with van der Waals surface area (Å²) in [5, 5.41) is 13.9. The highest BCUT2D eigenvalue weighted by Gasteiger charge is 2.29. The molecule has 3 rings (SSSR count). The zero-order valence-corrected chi connectivity index (χ0v) is 14.3. The molecule has 0 unspecified atom stereocenters. The summed E-state index contributed by atoms with van der Waals surface area (Å²) < 4.78 is 0.974. The molecule has 0 aliphatic carbocycles. The van der Waals surface area contributed by atoms with E-state index in [1.807, 2.05) is 13.8 Å². The fraction of sp³-hybridized carbons (Fsp3) is 0.444. The number of piperidine rings is 1. The fourth-order valence-electron chi connectivity index (χ4n) is 3.62. The van der Waals surface area contributed by atoms with Crippen molar-refractivity contribution in [3.8, 4) is 0 Å². The first-order chi connectivity index (χ1) is 11.9. The molecule has 1 aliphatic heterocycles. The largest absolute Gasteiger partial charge is 0.476 e. The maximum atomic E-state index is 12.7. The van der Waals surface area contributed by atoms with Crippen molar-refractivity contribution in [3.05, 3.63) is 40.3 Å². The van der Waals surface area contributed by atoms with Crippen LogP contribution in [0.4, 0.5) is 0 Å². The van der Waals surface area contributed by atoms with Gasteiger partial charge in [-0.1, -0.05) is 18.2 Å². The van der Waals surface area contributed by atoms with E-state index in [4.69, 9.17) is 0 Å². The molecule has 25 heavy (non-hydrogen) atoms. The Labute approximate surface area is 144 Å². The molecule has 1 fully saturated rings. The van der Waals surface area contributed by atoms with Gasteiger partial charge in [0.2, 0.25) is 5.91 Å². The molecule has 7 nitrogen and oxygen atoms in total. The number of hydrogen-bond donors (Lipinski definition) is 1. The van der Waals surface area contributed by atoms with Crippen molar-refractivity contribution in [2.24, 2.45) is 0 Å². The summed E-state index contributed by atoms with van der Waals surface area (Å²) in [7, 11) is 0. The number of aromatic carboxylic acids is 1. The number of aromatic nitrogens is 2. The average molecular weight is 343 g/mol. The maximum Gasteiger partial charge on any atom is 0.357 e. The van der Waals surface area contributed by atoms with Crippen molar-refractivity contribution >= 4 is 22.6 Å². The zero-order chi connectivity index (χ0) is 18.1. The van der Waals surface area contributed by atoms with E-state index in [2.05, 4.69) is 5.10 Å². The number of amides is 1. The highest BCUT2D eigenvalue weighted by atomic mass is 16.4. The number of rotatable bonds is 3. The summed E-state index contributed by atoms with van der Waals surface area (Å²) in [5.74, 6) is -1.43. The number of carbonyl (C=O) groups is 2. The van der Waals surface area contributed by atoms with Crippen molar-refractivity contribution in [2.45, 2.75) is 51.7 Å². The number of carboxylic acids is 1. The molecule has 2 heterocycles. The molecule has 1 aromatic carbocycles. The zero-order valence-electron chi connectivity index (χ0n) is 14.3. The molecule has 2 aromatic rings. The van der Waals surface area contributed by atoms with Crippen LogP contribution in [0.3, 0.4) is 0 Å². The van der Waals surface area contributed by atoms with Gasteiger partial charge in [-0.05, 0) is 39.2 Å². The summed E-state index contributed by atoms with van der Waals surface area (Å²) in [6, 6.07) is 6.63. The summed E-state index contributed by atoms with van der Waals surface area (Å²) in [6.07, 6.45) is 2.93. The second kappa shape index (κ2) is 6.66. The Balaban J connectivity index is 2.01. The predicted octanol–water partition coefficient (Wildman–Crippen LogP) is 1.88. The standard InChI is InChI=1S/C18H21N3O4/c1-11-6-5-7-12(2)21(11)15(22)10-20-17(23)14-9-4-3-8-13(14)16(19-20)18(24)25/h3-4,8-9,11-12H,5-7,10H2,1-2H3,(H,24,25)/t11-,12-/m1/s1. The van der Waals surface area contributed by atoms with Gasteiger partial charge in [0.05, 0.1) is 5.39 Å². The molecular formula is C18H21N3O4. The SMILES string of the molecule is C[C@@H]1CCC[C@@H](C)N1C(=O)Cn1nc(C(=O)O)c2ccccc2c1=O. The van der Waals surface area contributed by atoms with Gasteiger partial charge in [0.25, 0.3) is 5.56 Å². The molecule has 1 aromatic heterocycles. The third-order valence-corrected chi connectivity index (χ3v) is 4.84. The van der Waals surface area contributed by atoms with Gasteiger partial charge in [0, 0.05) is 17.5 Å². The van der Waals surface area contributed by atoms with Crippen molar-refractivity contribution in [1.29, 1.82) is 0 Å². The van der Waals surface area contributed by atoms with Crippen LogP contribution in [-0.4, -0.2) is 43.7 Å². The number of carbonyl (C=O) groups excluding carboxylic acids is 1. The van der Waals surface area contributed by atoms with Crippen LogP contribution in [0.2, 0.25) is 0 Å². The minimum Gasteiger partial charge on any atom is -0.476 e. The lowest BCUT2D eigenvalue weighted by atomic mass is 9.97. The van der Waals surface area contributed by atoms with Crippen LogP contribution < -0.4 is 5.56 Å². The topological polar surface area (TPSA) is 92.5 Å². The monoisotopic (exact) mass is 343 g/mol. The van der Waals surface area contributed by atoms with Gasteiger partial charge >= 0.3 is 5.97 Å².